The van der Waals surface area contributed by atoms with E-state index in [0.717, 1.165) is 24.0 Å². The Labute approximate surface area is 213 Å². The van der Waals surface area contributed by atoms with E-state index in [1.54, 1.807) is 48.5 Å². The minimum absolute atomic E-state index is 0.0134. The van der Waals surface area contributed by atoms with E-state index in [0.29, 0.717) is 22.3 Å². The first-order valence-corrected chi connectivity index (χ1v) is 11.8. The second-order valence-corrected chi connectivity index (χ2v) is 8.89. The molecule has 0 saturated carbocycles. The van der Waals surface area contributed by atoms with E-state index in [-0.39, 0.29) is 38.8 Å². The summed E-state index contributed by atoms with van der Waals surface area (Å²) in [5.74, 6) is -3.41. The van der Waals surface area contributed by atoms with E-state index in [4.69, 9.17) is 9.47 Å². The molecule has 37 heavy (non-hydrogen) atoms. The van der Waals surface area contributed by atoms with Gasteiger partial charge in [0.1, 0.15) is 0 Å². The van der Waals surface area contributed by atoms with Gasteiger partial charge in [0.25, 0.3) is 23.6 Å². The van der Waals surface area contributed by atoms with Crippen LogP contribution in [0.25, 0.3) is 0 Å². The van der Waals surface area contributed by atoms with Gasteiger partial charge in [-0.05, 0) is 49.9 Å². The number of imide groups is 2. The number of hydrogen-bond donors (Lipinski definition) is 0. The monoisotopic (exact) mass is 506 g/mol. The van der Waals surface area contributed by atoms with Crippen molar-refractivity contribution in [2.75, 3.05) is 27.3 Å². The first kappa shape index (κ1) is 25.7. The van der Waals surface area contributed by atoms with Crippen molar-refractivity contribution in [1.82, 2.24) is 9.80 Å². The fourth-order valence-corrected chi connectivity index (χ4v) is 4.97. The lowest BCUT2D eigenvalue weighted by molar-refractivity contribution is -0.170. The van der Waals surface area contributed by atoms with E-state index in [1.165, 1.54) is 0 Å². The van der Waals surface area contributed by atoms with Gasteiger partial charge in [-0.1, -0.05) is 24.3 Å². The van der Waals surface area contributed by atoms with Crippen molar-refractivity contribution in [3.63, 3.8) is 0 Å². The van der Waals surface area contributed by atoms with E-state index in [1.807, 2.05) is 0 Å². The van der Waals surface area contributed by atoms with Gasteiger partial charge in [-0.15, -0.1) is 0 Å². The molecule has 2 aromatic carbocycles. The van der Waals surface area contributed by atoms with Crippen molar-refractivity contribution >= 4 is 35.6 Å². The van der Waals surface area contributed by atoms with E-state index in [2.05, 4.69) is 0 Å². The molecular formula is C27H26N2O8. The highest BCUT2D eigenvalue weighted by Crippen LogP contribution is 2.35. The van der Waals surface area contributed by atoms with Crippen LogP contribution in [0, 0.1) is 5.41 Å². The molecule has 10 nitrogen and oxygen atoms in total. The summed E-state index contributed by atoms with van der Waals surface area (Å²) in [4.78, 5) is 78.6. The number of amides is 4. The molecule has 192 valence electrons. The third-order valence-corrected chi connectivity index (χ3v) is 6.88. The molecule has 10 heteroatoms. The largest absolute Gasteiger partial charge is 0.468 e. The number of esters is 2. The maximum absolute atomic E-state index is 12.9. The summed E-state index contributed by atoms with van der Waals surface area (Å²) in [6.07, 6.45) is 0.120. The number of benzene rings is 2. The topological polar surface area (TPSA) is 127 Å². The Balaban J connectivity index is 1.46. The van der Waals surface area contributed by atoms with Crippen molar-refractivity contribution in [2.24, 2.45) is 5.41 Å². The number of carbonyl (C=O) groups excluding carboxylic acids is 6. The molecule has 0 aliphatic carbocycles. The standard InChI is InChI=1S/C27H26N2O8/c1-36-25(34)27(26(35)37-2,13-7-15-28-21(30)17-9-3-4-10-18(17)22(28)31)14-8-16-29-23(32)19-11-5-6-12-20(19)24(29)33/h3-6,9-12H,7-8,13-16H2,1-2H3. The molecule has 0 N–H and O–H groups in total. The number of ether oxygens (including phenoxy) is 2. The number of fused-ring (bicyclic) bond motifs is 2. The van der Waals surface area contributed by atoms with Crippen LogP contribution >= 0.6 is 0 Å². The molecule has 0 fully saturated rings. The van der Waals surface area contributed by atoms with Crippen LogP contribution in [-0.4, -0.2) is 72.7 Å². The van der Waals surface area contributed by atoms with Gasteiger partial charge in [0.2, 0.25) is 0 Å². The summed E-state index contributed by atoms with van der Waals surface area (Å²) < 4.78 is 9.87. The minimum atomic E-state index is -1.74. The van der Waals surface area contributed by atoms with Gasteiger partial charge >= 0.3 is 11.9 Å². The molecule has 2 aliphatic rings. The fourth-order valence-electron chi connectivity index (χ4n) is 4.97. The predicted molar refractivity (Wildman–Crippen MR) is 129 cm³/mol. The van der Waals surface area contributed by atoms with E-state index in [9.17, 15) is 28.8 Å². The Hall–Kier alpha value is -4.34. The molecule has 2 aliphatic heterocycles. The second-order valence-electron chi connectivity index (χ2n) is 8.89. The molecule has 0 atom stereocenters. The Morgan fingerprint density at radius 3 is 1.19 bits per heavy atom. The van der Waals surface area contributed by atoms with Crippen molar-refractivity contribution in [3.8, 4) is 0 Å². The van der Waals surface area contributed by atoms with Crippen LogP contribution in [0.15, 0.2) is 48.5 Å². The number of rotatable bonds is 10. The highest BCUT2D eigenvalue weighted by molar-refractivity contribution is 6.22. The molecule has 2 heterocycles. The van der Waals surface area contributed by atoms with Gasteiger partial charge in [0, 0.05) is 13.1 Å². The summed E-state index contributed by atoms with van der Waals surface area (Å²) in [5.41, 5.74) is -0.511. The maximum atomic E-state index is 12.9. The molecule has 0 aromatic heterocycles. The van der Waals surface area contributed by atoms with Gasteiger partial charge in [0.05, 0.1) is 36.5 Å². The smallest absolute Gasteiger partial charge is 0.323 e. The summed E-state index contributed by atoms with van der Waals surface area (Å²) >= 11 is 0. The normalized spacial score (nSPS) is 14.6. The van der Waals surface area contributed by atoms with Crippen molar-refractivity contribution in [1.29, 1.82) is 0 Å². The van der Waals surface area contributed by atoms with Gasteiger partial charge in [-0.3, -0.25) is 38.6 Å². The molecule has 0 bridgehead atoms. The molecule has 0 saturated heterocycles. The van der Waals surface area contributed by atoms with Gasteiger partial charge < -0.3 is 9.47 Å². The zero-order valence-corrected chi connectivity index (χ0v) is 20.5. The molecule has 4 amide bonds. The second kappa shape index (κ2) is 10.3. The molecule has 0 spiro atoms. The quantitative estimate of drug-likeness (QED) is 0.273. The van der Waals surface area contributed by atoms with E-state index >= 15 is 0 Å². The van der Waals surface area contributed by atoms with Crippen LogP contribution < -0.4 is 0 Å². The van der Waals surface area contributed by atoms with Gasteiger partial charge in [0.15, 0.2) is 5.41 Å². The summed E-state index contributed by atoms with van der Waals surface area (Å²) in [6, 6.07) is 13.0. The average molecular weight is 507 g/mol. The predicted octanol–water partition coefficient (Wildman–Crippen LogP) is 2.47. The van der Waals surface area contributed by atoms with Crippen LogP contribution in [-0.2, 0) is 19.1 Å². The summed E-state index contributed by atoms with van der Waals surface area (Å²) in [6.45, 7) is -0.0268. The zero-order chi connectivity index (χ0) is 26.7. The lowest BCUT2D eigenvalue weighted by atomic mass is 9.78. The highest BCUT2D eigenvalue weighted by atomic mass is 16.5. The highest BCUT2D eigenvalue weighted by Gasteiger charge is 2.48. The maximum Gasteiger partial charge on any atom is 0.323 e. The van der Waals surface area contributed by atoms with Crippen LogP contribution in [0.1, 0.15) is 67.1 Å². The SMILES string of the molecule is COC(=O)C(CCCN1C(=O)c2ccccc2C1=O)(CCCN1C(=O)c2ccccc2C1=O)C(=O)OC. The fraction of sp³-hybridized carbons (Fsp3) is 0.333. The first-order chi connectivity index (χ1) is 17.8. The van der Waals surface area contributed by atoms with E-state index < -0.39 is 41.0 Å². The number of methoxy groups -OCH3 is 2. The van der Waals surface area contributed by atoms with Crippen molar-refractivity contribution in [2.45, 2.75) is 25.7 Å². The number of carbonyl (C=O) groups is 6. The number of hydrogen-bond acceptors (Lipinski definition) is 8. The van der Waals surface area contributed by atoms with Gasteiger partial charge in [-0.2, -0.15) is 0 Å². The third kappa shape index (κ3) is 4.39. The summed E-state index contributed by atoms with van der Waals surface area (Å²) in [7, 11) is 2.29. The third-order valence-electron chi connectivity index (χ3n) is 6.88. The Kier molecular flexibility index (Phi) is 7.19. The molecule has 2 aromatic rings. The molecule has 4 rings (SSSR count). The number of nitrogens with zero attached hydrogens (tertiary/aromatic N) is 2. The van der Waals surface area contributed by atoms with Crippen LogP contribution in [0.2, 0.25) is 0 Å². The van der Waals surface area contributed by atoms with Gasteiger partial charge in [-0.25, -0.2) is 0 Å². The lowest BCUT2D eigenvalue weighted by Gasteiger charge is -2.29. The average Bonchev–Trinajstić information content (AvgIpc) is 3.31. The van der Waals surface area contributed by atoms with Crippen molar-refractivity contribution in [3.05, 3.63) is 70.8 Å². The molecular weight excluding hydrogens is 480 g/mol. The Morgan fingerprint density at radius 1 is 0.622 bits per heavy atom. The molecule has 0 unspecified atom stereocenters. The minimum Gasteiger partial charge on any atom is -0.468 e. The zero-order valence-electron chi connectivity index (χ0n) is 20.5. The first-order valence-electron chi connectivity index (χ1n) is 11.8. The summed E-state index contributed by atoms with van der Waals surface area (Å²) in [5, 5.41) is 0. The molecule has 0 radical (unpaired) electrons. The Bertz CT molecular complexity index is 1130. The van der Waals surface area contributed by atoms with Crippen LogP contribution in [0.3, 0.4) is 0 Å². The Morgan fingerprint density at radius 2 is 0.919 bits per heavy atom. The van der Waals surface area contributed by atoms with Crippen molar-refractivity contribution < 1.29 is 38.2 Å². The van der Waals surface area contributed by atoms with Crippen LogP contribution in [0.5, 0.6) is 0 Å². The van der Waals surface area contributed by atoms with Crippen LogP contribution in [0.4, 0.5) is 0 Å². The lowest BCUT2D eigenvalue weighted by Crippen LogP contribution is -2.43.